The molecule has 4 atom stereocenters. The fourth-order valence-electron chi connectivity index (χ4n) is 5.04. The van der Waals surface area contributed by atoms with E-state index < -0.39 is 24.4 Å². The van der Waals surface area contributed by atoms with E-state index in [9.17, 15) is 25.2 Å². The van der Waals surface area contributed by atoms with Gasteiger partial charge in [0, 0.05) is 6.42 Å². The highest BCUT2D eigenvalue weighted by atomic mass is 16.3. The summed E-state index contributed by atoms with van der Waals surface area (Å²) in [6.45, 7) is 4.05. The lowest BCUT2D eigenvalue weighted by Gasteiger charge is -2.22. The molecule has 1 amide bonds. The molecule has 0 aliphatic carbocycles. The first-order valence-corrected chi connectivity index (χ1v) is 18.4. The molecule has 0 saturated carbocycles. The monoisotopic (exact) mass is 644 g/mol. The van der Waals surface area contributed by atoms with Gasteiger partial charge in [-0.25, -0.2) is 0 Å². The van der Waals surface area contributed by atoms with E-state index in [0.717, 1.165) is 25.7 Å². The zero-order valence-corrected chi connectivity index (χ0v) is 29.3. The maximum atomic E-state index is 12.3. The SMILES string of the molecule is CC/C=C\C[C@H](O)/C=C/C=C\C/C=C\C=C\[C@H](O)/C=C\CCCC(=O)N[C@@H](CO)[C@H](O)CCCCCCCCCCCCCCC. The van der Waals surface area contributed by atoms with Gasteiger partial charge in [-0.1, -0.05) is 170 Å². The number of aliphatic hydroxyl groups is 4. The normalized spacial score (nSPS) is 15.3. The van der Waals surface area contributed by atoms with E-state index >= 15 is 0 Å². The quantitative estimate of drug-likeness (QED) is 0.0295. The lowest BCUT2D eigenvalue weighted by molar-refractivity contribution is -0.123. The summed E-state index contributed by atoms with van der Waals surface area (Å²) in [5.74, 6) is -0.174. The van der Waals surface area contributed by atoms with Crippen LogP contribution in [0.3, 0.4) is 0 Å². The van der Waals surface area contributed by atoms with Crippen LogP contribution in [-0.2, 0) is 4.79 Å². The van der Waals surface area contributed by atoms with Gasteiger partial charge in [-0.15, -0.1) is 0 Å². The van der Waals surface area contributed by atoms with Crippen LogP contribution in [0.5, 0.6) is 0 Å². The van der Waals surface area contributed by atoms with Crippen LogP contribution in [0.15, 0.2) is 72.9 Å². The van der Waals surface area contributed by atoms with Crippen molar-refractivity contribution in [2.45, 2.75) is 167 Å². The summed E-state index contributed by atoms with van der Waals surface area (Å²) in [6.07, 6.45) is 41.6. The zero-order valence-electron chi connectivity index (χ0n) is 29.3. The fraction of sp³-hybridized carbons (Fsp3) is 0.675. The molecule has 46 heavy (non-hydrogen) atoms. The maximum absolute atomic E-state index is 12.3. The Morgan fingerprint density at radius 1 is 0.652 bits per heavy atom. The Kier molecular flexibility index (Phi) is 32.4. The Balaban J connectivity index is 3.93. The van der Waals surface area contributed by atoms with Crippen LogP contribution in [0.4, 0.5) is 0 Å². The molecule has 0 saturated heterocycles. The van der Waals surface area contributed by atoms with Gasteiger partial charge in [0.2, 0.25) is 5.91 Å². The Hall–Kier alpha value is -2.25. The molecule has 6 heteroatoms. The van der Waals surface area contributed by atoms with Gasteiger partial charge in [0.15, 0.2) is 0 Å². The molecule has 0 aromatic rings. The lowest BCUT2D eigenvalue weighted by Crippen LogP contribution is -2.45. The molecule has 0 aromatic heterocycles. The second-order valence-electron chi connectivity index (χ2n) is 12.3. The number of aliphatic hydroxyl groups excluding tert-OH is 4. The van der Waals surface area contributed by atoms with Crippen LogP contribution in [0.25, 0.3) is 0 Å². The summed E-state index contributed by atoms with van der Waals surface area (Å²) >= 11 is 0. The molecule has 0 rings (SSSR count). The van der Waals surface area contributed by atoms with Crippen molar-refractivity contribution >= 4 is 5.91 Å². The third-order valence-corrected chi connectivity index (χ3v) is 7.91. The van der Waals surface area contributed by atoms with E-state index in [1.807, 2.05) is 48.6 Å². The first kappa shape index (κ1) is 43.8. The van der Waals surface area contributed by atoms with Crippen molar-refractivity contribution in [3.63, 3.8) is 0 Å². The number of carbonyl (C=O) groups is 1. The third kappa shape index (κ3) is 30.4. The summed E-state index contributed by atoms with van der Waals surface area (Å²) in [5, 5.41) is 42.8. The second kappa shape index (κ2) is 34.1. The van der Waals surface area contributed by atoms with Gasteiger partial charge >= 0.3 is 0 Å². The average molecular weight is 644 g/mol. The maximum Gasteiger partial charge on any atom is 0.220 e. The summed E-state index contributed by atoms with van der Waals surface area (Å²) in [7, 11) is 0. The topological polar surface area (TPSA) is 110 Å². The number of unbranched alkanes of at least 4 members (excludes halogenated alkanes) is 13. The van der Waals surface area contributed by atoms with Crippen molar-refractivity contribution in [1.82, 2.24) is 5.32 Å². The molecule has 0 bridgehead atoms. The smallest absolute Gasteiger partial charge is 0.220 e. The number of rotatable bonds is 31. The predicted octanol–water partition coefficient (Wildman–Crippen LogP) is 8.73. The van der Waals surface area contributed by atoms with Crippen LogP contribution < -0.4 is 5.32 Å². The second-order valence-corrected chi connectivity index (χ2v) is 12.3. The van der Waals surface area contributed by atoms with Gasteiger partial charge in [0.25, 0.3) is 0 Å². The van der Waals surface area contributed by atoms with Crippen LogP contribution >= 0.6 is 0 Å². The lowest BCUT2D eigenvalue weighted by atomic mass is 10.0. The number of carbonyl (C=O) groups excluding carboxylic acids is 1. The van der Waals surface area contributed by atoms with Crippen LogP contribution in [-0.4, -0.2) is 57.3 Å². The van der Waals surface area contributed by atoms with Crippen molar-refractivity contribution in [2.75, 3.05) is 6.61 Å². The standard InChI is InChI=1S/C40H69NO5/c1-3-5-7-8-9-10-11-12-13-14-18-21-27-33-39(45)38(35-42)41-40(46)34-28-22-26-32-37(44)31-25-20-17-15-16-19-24-30-36(43)29-23-6-4-2/h6,16-17,19-20,23-26,30-32,36-39,42-45H,3-5,7-15,18,21-22,27-29,33-35H2,1-2H3,(H,41,46)/b19-16-,20-17-,23-6-,30-24+,31-25+,32-26-/t36-,37-,38-,39+/m0/s1. The number of allylic oxidation sites excluding steroid dienone is 8. The van der Waals surface area contributed by atoms with E-state index in [1.165, 1.54) is 70.6 Å². The van der Waals surface area contributed by atoms with Crippen molar-refractivity contribution in [2.24, 2.45) is 0 Å². The van der Waals surface area contributed by atoms with E-state index in [2.05, 4.69) is 19.2 Å². The molecule has 0 unspecified atom stereocenters. The Morgan fingerprint density at radius 3 is 1.83 bits per heavy atom. The summed E-state index contributed by atoms with van der Waals surface area (Å²) < 4.78 is 0. The summed E-state index contributed by atoms with van der Waals surface area (Å²) in [6, 6.07) is -0.627. The molecule has 0 radical (unpaired) electrons. The first-order valence-electron chi connectivity index (χ1n) is 18.4. The Bertz CT molecular complexity index is 860. The number of hydrogen-bond donors (Lipinski definition) is 5. The first-order chi connectivity index (χ1) is 22.4. The van der Waals surface area contributed by atoms with E-state index in [4.69, 9.17) is 0 Å². The van der Waals surface area contributed by atoms with Gasteiger partial charge in [-0.3, -0.25) is 4.79 Å². The number of nitrogens with one attached hydrogen (secondary N) is 1. The summed E-state index contributed by atoms with van der Waals surface area (Å²) in [5.41, 5.74) is 0. The molecule has 0 heterocycles. The minimum absolute atomic E-state index is 0.174. The van der Waals surface area contributed by atoms with E-state index in [1.54, 1.807) is 24.3 Å². The highest BCUT2D eigenvalue weighted by Gasteiger charge is 2.19. The largest absolute Gasteiger partial charge is 0.394 e. The molecular formula is C40H69NO5. The van der Waals surface area contributed by atoms with Gasteiger partial charge in [-0.2, -0.15) is 0 Å². The van der Waals surface area contributed by atoms with Crippen molar-refractivity contribution in [3.05, 3.63) is 72.9 Å². The summed E-state index contributed by atoms with van der Waals surface area (Å²) in [4.78, 5) is 12.3. The fourth-order valence-corrected chi connectivity index (χ4v) is 5.04. The van der Waals surface area contributed by atoms with E-state index in [-0.39, 0.29) is 12.5 Å². The Labute approximate surface area is 282 Å². The van der Waals surface area contributed by atoms with E-state index in [0.29, 0.717) is 32.1 Å². The van der Waals surface area contributed by atoms with Gasteiger partial charge in [0.05, 0.1) is 31.0 Å². The average Bonchev–Trinajstić information content (AvgIpc) is 3.04. The highest BCUT2D eigenvalue weighted by molar-refractivity contribution is 5.76. The van der Waals surface area contributed by atoms with Gasteiger partial charge < -0.3 is 25.7 Å². The van der Waals surface area contributed by atoms with Crippen molar-refractivity contribution in [1.29, 1.82) is 0 Å². The van der Waals surface area contributed by atoms with Gasteiger partial charge in [0.1, 0.15) is 0 Å². The predicted molar refractivity (Wildman–Crippen MR) is 196 cm³/mol. The minimum atomic E-state index is -0.734. The third-order valence-electron chi connectivity index (χ3n) is 7.91. The molecule has 0 spiro atoms. The molecule has 0 aliphatic heterocycles. The molecule has 5 N–H and O–H groups in total. The molecule has 0 fully saturated rings. The number of amides is 1. The van der Waals surface area contributed by atoms with Crippen LogP contribution in [0, 0.1) is 0 Å². The van der Waals surface area contributed by atoms with Crippen LogP contribution in [0.1, 0.15) is 142 Å². The van der Waals surface area contributed by atoms with Crippen molar-refractivity contribution in [3.8, 4) is 0 Å². The minimum Gasteiger partial charge on any atom is -0.394 e. The molecule has 6 nitrogen and oxygen atoms in total. The number of hydrogen-bond acceptors (Lipinski definition) is 5. The molecule has 264 valence electrons. The zero-order chi connectivity index (χ0) is 33.9. The molecule has 0 aromatic carbocycles. The van der Waals surface area contributed by atoms with Gasteiger partial charge in [-0.05, 0) is 38.5 Å². The Morgan fingerprint density at radius 2 is 1.24 bits per heavy atom. The molecular weight excluding hydrogens is 574 g/mol. The van der Waals surface area contributed by atoms with Crippen molar-refractivity contribution < 1.29 is 25.2 Å². The molecule has 0 aliphatic rings. The van der Waals surface area contributed by atoms with Crippen LogP contribution in [0.2, 0.25) is 0 Å². The highest BCUT2D eigenvalue weighted by Crippen LogP contribution is 2.14.